The van der Waals surface area contributed by atoms with E-state index >= 15 is 0 Å². The van der Waals surface area contributed by atoms with E-state index in [-0.39, 0.29) is 18.2 Å². The molecule has 0 aliphatic heterocycles. The Morgan fingerprint density at radius 3 is 3.10 bits per heavy atom. The van der Waals surface area contributed by atoms with Crippen LogP contribution in [0.4, 0.5) is 0 Å². The van der Waals surface area contributed by atoms with Crippen LogP contribution in [0.5, 0.6) is 0 Å². The number of aliphatic hydroxyl groups excluding tert-OH is 1. The lowest BCUT2D eigenvalue weighted by Gasteiger charge is -2.04. The summed E-state index contributed by atoms with van der Waals surface area (Å²) in [6.07, 6.45) is 3.60. The first-order chi connectivity index (χ1) is 10.3. The van der Waals surface area contributed by atoms with Crippen LogP contribution in [0.2, 0.25) is 0 Å². The Bertz CT molecular complexity index is 644. The molecule has 0 saturated carbocycles. The highest BCUT2D eigenvalue weighted by Crippen LogP contribution is 2.03. The minimum Gasteiger partial charge on any atom is -0.395 e. The van der Waals surface area contributed by atoms with E-state index in [0.29, 0.717) is 30.8 Å². The first-order valence-corrected chi connectivity index (χ1v) is 6.39. The molecule has 0 fully saturated rings. The maximum absolute atomic E-state index is 12.1. The van der Waals surface area contributed by atoms with Gasteiger partial charge in [0.1, 0.15) is 5.69 Å². The molecule has 0 aromatic carbocycles. The third kappa shape index (κ3) is 4.40. The predicted octanol–water partition coefficient (Wildman–Crippen LogP) is 0.171. The van der Waals surface area contributed by atoms with Crippen molar-refractivity contribution >= 4 is 5.91 Å². The lowest BCUT2D eigenvalue weighted by Crippen LogP contribution is -2.27. The van der Waals surface area contributed by atoms with E-state index in [9.17, 15) is 4.79 Å². The van der Waals surface area contributed by atoms with Crippen LogP contribution in [0.3, 0.4) is 0 Å². The van der Waals surface area contributed by atoms with Crippen molar-refractivity contribution in [1.82, 2.24) is 20.4 Å². The molecule has 0 atom stereocenters. The van der Waals surface area contributed by atoms with Gasteiger partial charge in [-0.15, -0.1) is 0 Å². The van der Waals surface area contributed by atoms with Gasteiger partial charge in [-0.2, -0.15) is 4.98 Å². The zero-order valence-electron chi connectivity index (χ0n) is 11.2. The second-order valence-corrected chi connectivity index (χ2v) is 4.03. The summed E-state index contributed by atoms with van der Waals surface area (Å²) < 4.78 is 4.61. The fourth-order valence-corrected chi connectivity index (χ4v) is 1.57. The van der Waals surface area contributed by atoms with E-state index in [2.05, 4.69) is 36.8 Å². The molecule has 0 aliphatic carbocycles. The SMILES string of the molecule is O=C(NCCc1ncon1)c1ncccc1C#CCCO. The summed E-state index contributed by atoms with van der Waals surface area (Å²) in [5.41, 5.74) is 0.791. The zero-order chi connectivity index (χ0) is 14.9. The van der Waals surface area contributed by atoms with Crippen LogP contribution >= 0.6 is 0 Å². The van der Waals surface area contributed by atoms with Gasteiger partial charge >= 0.3 is 0 Å². The Hall–Kier alpha value is -2.72. The molecular weight excluding hydrogens is 272 g/mol. The maximum atomic E-state index is 12.1. The third-order valence-corrected chi connectivity index (χ3v) is 2.52. The van der Waals surface area contributed by atoms with Gasteiger partial charge < -0.3 is 14.9 Å². The van der Waals surface area contributed by atoms with Crippen molar-refractivity contribution in [2.24, 2.45) is 0 Å². The zero-order valence-corrected chi connectivity index (χ0v) is 11.2. The van der Waals surface area contributed by atoms with Crippen LogP contribution < -0.4 is 5.32 Å². The number of carbonyl (C=O) groups is 1. The summed E-state index contributed by atoms with van der Waals surface area (Å²) in [5.74, 6) is 5.81. The Morgan fingerprint density at radius 1 is 1.43 bits per heavy atom. The highest BCUT2D eigenvalue weighted by atomic mass is 16.5. The smallest absolute Gasteiger partial charge is 0.271 e. The highest BCUT2D eigenvalue weighted by molar-refractivity contribution is 5.94. The van der Waals surface area contributed by atoms with Crippen molar-refractivity contribution in [3.8, 4) is 11.8 Å². The standard InChI is InChI=1S/C14H14N4O3/c19-9-2-1-4-11-5-3-7-15-13(11)14(20)16-8-6-12-17-10-21-18-12/h3,5,7,10,19H,2,6,8-9H2,(H,16,20). The normalized spacial score (nSPS) is 9.76. The van der Waals surface area contributed by atoms with Crippen LogP contribution in [0, 0.1) is 11.8 Å². The van der Waals surface area contributed by atoms with E-state index in [1.54, 1.807) is 12.1 Å². The average molecular weight is 286 g/mol. The van der Waals surface area contributed by atoms with Crippen molar-refractivity contribution in [3.05, 3.63) is 41.8 Å². The van der Waals surface area contributed by atoms with E-state index < -0.39 is 0 Å². The van der Waals surface area contributed by atoms with Gasteiger partial charge in [-0.3, -0.25) is 4.79 Å². The molecule has 0 radical (unpaired) electrons. The van der Waals surface area contributed by atoms with Crippen molar-refractivity contribution in [1.29, 1.82) is 0 Å². The van der Waals surface area contributed by atoms with Gasteiger partial charge in [0, 0.05) is 25.6 Å². The van der Waals surface area contributed by atoms with E-state index in [4.69, 9.17) is 5.11 Å². The number of carbonyl (C=O) groups excluding carboxylic acids is 1. The molecular formula is C14H14N4O3. The number of aliphatic hydroxyl groups is 1. The van der Waals surface area contributed by atoms with E-state index in [0.717, 1.165) is 0 Å². The minimum atomic E-state index is -0.313. The average Bonchev–Trinajstić information content (AvgIpc) is 3.01. The number of hydrogen-bond acceptors (Lipinski definition) is 6. The molecule has 0 bridgehead atoms. The topological polar surface area (TPSA) is 101 Å². The fourth-order valence-electron chi connectivity index (χ4n) is 1.57. The molecule has 7 heteroatoms. The lowest BCUT2D eigenvalue weighted by atomic mass is 10.2. The summed E-state index contributed by atoms with van der Waals surface area (Å²) in [5, 5.41) is 15.1. The molecule has 0 spiro atoms. The number of pyridine rings is 1. The van der Waals surface area contributed by atoms with Gasteiger partial charge in [-0.25, -0.2) is 4.98 Å². The van der Waals surface area contributed by atoms with Crippen LogP contribution in [-0.4, -0.2) is 39.3 Å². The Labute approximate surface area is 121 Å². The summed E-state index contributed by atoms with van der Waals surface area (Å²) in [6, 6.07) is 3.42. The molecule has 1 amide bonds. The first-order valence-electron chi connectivity index (χ1n) is 6.39. The van der Waals surface area contributed by atoms with Gasteiger partial charge in [0.2, 0.25) is 6.39 Å². The van der Waals surface area contributed by atoms with E-state index in [1.807, 2.05) is 0 Å². The molecule has 2 heterocycles. The highest BCUT2D eigenvalue weighted by Gasteiger charge is 2.11. The van der Waals surface area contributed by atoms with Gasteiger partial charge in [0.25, 0.3) is 5.91 Å². The quantitative estimate of drug-likeness (QED) is 0.760. The molecule has 0 saturated heterocycles. The minimum absolute atomic E-state index is 0.0144. The number of rotatable bonds is 5. The molecule has 21 heavy (non-hydrogen) atoms. The molecule has 0 unspecified atom stereocenters. The van der Waals surface area contributed by atoms with E-state index in [1.165, 1.54) is 12.6 Å². The van der Waals surface area contributed by atoms with Gasteiger partial charge in [-0.05, 0) is 12.1 Å². The second-order valence-electron chi connectivity index (χ2n) is 4.03. The van der Waals surface area contributed by atoms with Crippen LogP contribution in [0.25, 0.3) is 0 Å². The van der Waals surface area contributed by atoms with Crippen molar-refractivity contribution in [2.75, 3.05) is 13.2 Å². The predicted molar refractivity (Wildman–Crippen MR) is 73.2 cm³/mol. The summed E-state index contributed by atoms with van der Waals surface area (Å²) >= 11 is 0. The second kappa shape index (κ2) is 7.77. The summed E-state index contributed by atoms with van der Waals surface area (Å²) in [4.78, 5) is 20.0. The number of aromatic nitrogens is 3. The Balaban J connectivity index is 1.97. The Kier molecular flexibility index (Phi) is 5.43. The van der Waals surface area contributed by atoms with Gasteiger partial charge in [0.15, 0.2) is 5.82 Å². The molecule has 2 rings (SSSR count). The third-order valence-electron chi connectivity index (χ3n) is 2.52. The number of nitrogens with zero attached hydrogens (tertiary/aromatic N) is 3. The van der Waals surface area contributed by atoms with Crippen molar-refractivity contribution < 1.29 is 14.4 Å². The van der Waals surface area contributed by atoms with Gasteiger partial charge in [-0.1, -0.05) is 17.0 Å². The van der Waals surface area contributed by atoms with Crippen molar-refractivity contribution in [2.45, 2.75) is 12.8 Å². The molecule has 7 nitrogen and oxygen atoms in total. The number of nitrogens with one attached hydrogen (secondary N) is 1. The number of hydrogen-bond donors (Lipinski definition) is 2. The van der Waals surface area contributed by atoms with Gasteiger partial charge in [0.05, 0.1) is 12.2 Å². The monoisotopic (exact) mass is 286 g/mol. The fraction of sp³-hybridized carbons (Fsp3) is 0.286. The molecule has 0 aliphatic rings. The Morgan fingerprint density at radius 2 is 2.33 bits per heavy atom. The molecule has 2 N–H and O–H groups in total. The molecule has 2 aromatic heterocycles. The summed E-state index contributed by atoms with van der Waals surface area (Å²) in [7, 11) is 0. The van der Waals surface area contributed by atoms with Crippen LogP contribution in [-0.2, 0) is 6.42 Å². The first kappa shape index (κ1) is 14.7. The van der Waals surface area contributed by atoms with Crippen molar-refractivity contribution in [3.63, 3.8) is 0 Å². The van der Waals surface area contributed by atoms with Crippen LogP contribution in [0.1, 0.15) is 28.3 Å². The number of amides is 1. The lowest BCUT2D eigenvalue weighted by molar-refractivity contribution is 0.0948. The molecule has 2 aromatic rings. The largest absolute Gasteiger partial charge is 0.395 e. The molecule has 108 valence electrons. The van der Waals surface area contributed by atoms with Crippen LogP contribution in [0.15, 0.2) is 29.2 Å². The maximum Gasteiger partial charge on any atom is 0.271 e. The summed E-state index contributed by atoms with van der Waals surface area (Å²) in [6.45, 7) is 0.359.